The number of pyridine rings is 1. The second-order valence-electron chi connectivity index (χ2n) is 4.94. The fourth-order valence-corrected chi connectivity index (χ4v) is 1.89. The molecular weight excluding hydrogens is 255 g/mol. The summed E-state index contributed by atoms with van der Waals surface area (Å²) in [6.07, 6.45) is 1.62. The Labute approximate surface area is 118 Å². The average molecular weight is 274 g/mol. The first-order valence-corrected chi connectivity index (χ1v) is 6.62. The SMILES string of the molecule is COc1ccc(-c2cc(CNC(C)C)ccc2F)cn1. The Kier molecular flexibility index (Phi) is 4.69. The van der Waals surface area contributed by atoms with Crippen LogP contribution in [0, 0.1) is 5.82 Å². The summed E-state index contributed by atoms with van der Waals surface area (Å²) in [5.41, 5.74) is 2.35. The zero-order valence-corrected chi connectivity index (χ0v) is 12.0. The molecule has 2 rings (SSSR count). The van der Waals surface area contributed by atoms with Crippen LogP contribution in [0.3, 0.4) is 0 Å². The van der Waals surface area contributed by atoms with Crippen molar-refractivity contribution in [2.75, 3.05) is 7.11 Å². The fourth-order valence-electron chi connectivity index (χ4n) is 1.89. The molecule has 1 aromatic carbocycles. The highest BCUT2D eigenvalue weighted by Crippen LogP contribution is 2.24. The summed E-state index contributed by atoms with van der Waals surface area (Å²) in [5.74, 6) is 0.275. The predicted octanol–water partition coefficient (Wildman–Crippen LogP) is 3.39. The van der Waals surface area contributed by atoms with E-state index in [2.05, 4.69) is 24.1 Å². The molecule has 0 fully saturated rings. The van der Waals surface area contributed by atoms with Gasteiger partial charge < -0.3 is 10.1 Å². The number of benzene rings is 1. The smallest absolute Gasteiger partial charge is 0.212 e. The van der Waals surface area contributed by atoms with E-state index in [1.165, 1.54) is 6.07 Å². The highest BCUT2D eigenvalue weighted by molar-refractivity contribution is 5.64. The molecule has 0 atom stereocenters. The lowest BCUT2D eigenvalue weighted by molar-refractivity contribution is 0.398. The minimum absolute atomic E-state index is 0.245. The molecule has 1 heterocycles. The van der Waals surface area contributed by atoms with Gasteiger partial charge in [0.25, 0.3) is 0 Å². The molecule has 20 heavy (non-hydrogen) atoms. The van der Waals surface area contributed by atoms with Crippen molar-refractivity contribution in [1.29, 1.82) is 0 Å². The van der Waals surface area contributed by atoms with Crippen LogP contribution in [0.15, 0.2) is 36.5 Å². The van der Waals surface area contributed by atoms with Crippen molar-refractivity contribution in [3.05, 3.63) is 47.9 Å². The van der Waals surface area contributed by atoms with Crippen LogP contribution < -0.4 is 10.1 Å². The first-order valence-electron chi connectivity index (χ1n) is 6.62. The van der Waals surface area contributed by atoms with E-state index in [4.69, 9.17) is 4.74 Å². The number of halogens is 1. The van der Waals surface area contributed by atoms with Crippen LogP contribution in [0.5, 0.6) is 5.88 Å². The number of hydrogen-bond acceptors (Lipinski definition) is 3. The Morgan fingerprint density at radius 1 is 1.25 bits per heavy atom. The van der Waals surface area contributed by atoms with E-state index in [9.17, 15) is 4.39 Å². The molecule has 0 aliphatic heterocycles. The second kappa shape index (κ2) is 6.48. The van der Waals surface area contributed by atoms with Gasteiger partial charge in [0.1, 0.15) is 5.82 Å². The number of methoxy groups -OCH3 is 1. The quantitative estimate of drug-likeness (QED) is 0.907. The molecule has 0 saturated carbocycles. The van der Waals surface area contributed by atoms with Gasteiger partial charge in [-0.15, -0.1) is 0 Å². The molecule has 1 aromatic heterocycles. The summed E-state index contributed by atoms with van der Waals surface area (Å²) in [4.78, 5) is 4.11. The summed E-state index contributed by atoms with van der Waals surface area (Å²) in [7, 11) is 1.56. The van der Waals surface area contributed by atoms with Gasteiger partial charge in [0.2, 0.25) is 5.88 Å². The van der Waals surface area contributed by atoms with Crippen LogP contribution in [0.1, 0.15) is 19.4 Å². The molecule has 0 unspecified atom stereocenters. The molecule has 0 spiro atoms. The van der Waals surface area contributed by atoms with E-state index in [0.29, 0.717) is 24.0 Å². The Hall–Kier alpha value is -1.94. The number of nitrogens with zero attached hydrogens (tertiary/aromatic N) is 1. The van der Waals surface area contributed by atoms with E-state index in [0.717, 1.165) is 11.1 Å². The predicted molar refractivity (Wildman–Crippen MR) is 78.2 cm³/mol. The maximum Gasteiger partial charge on any atom is 0.212 e. The third kappa shape index (κ3) is 3.54. The van der Waals surface area contributed by atoms with Gasteiger partial charge in [0, 0.05) is 36.0 Å². The number of nitrogens with one attached hydrogen (secondary N) is 1. The standard InChI is InChI=1S/C16H19FN2O/c1-11(2)18-9-12-4-6-15(17)14(8-12)13-5-7-16(20-3)19-10-13/h4-8,10-11,18H,9H2,1-3H3. The van der Waals surface area contributed by atoms with Crippen LogP contribution in [-0.2, 0) is 6.54 Å². The van der Waals surface area contributed by atoms with Crippen molar-refractivity contribution in [1.82, 2.24) is 10.3 Å². The van der Waals surface area contributed by atoms with Gasteiger partial charge in [-0.25, -0.2) is 9.37 Å². The fraction of sp³-hybridized carbons (Fsp3) is 0.312. The van der Waals surface area contributed by atoms with Crippen molar-refractivity contribution in [3.63, 3.8) is 0 Å². The molecule has 2 aromatic rings. The number of ether oxygens (including phenoxy) is 1. The minimum atomic E-state index is -0.245. The van der Waals surface area contributed by atoms with Crippen LogP contribution in [0.4, 0.5) is 4.39 Å². The molecule has 4 heteroatoms. The van der Waals surface area contributed by atoms with Crippen molar-refractivity contribution >= 4 is 0 Å². The van der Waals surface area contributed by atoms with Crippen molar-refractivity contribution < 1.29 is 9.13 Å². The normalized spacial score (nSPS) is 10.8. The van der Waals surface area contributed by atoms with Gasteiger partial charge in [-0.05, 0) is 23.8 Å². The second-order valence-corrected chi connectivity index (χ2v) is 4.94. The van der Waals surface area contributed by atoms with Crippen LogP contribution in [0.25, 0.3) is 11.1 Å². The Morgan fingerprint density at radius 2 is 2.05 bits per heavy atom. The molecular formula is C16H19FN2O. The topological polar surface area (TPSA) is 34.1 Å². The largest absolute Gasteiger partial charge is 0.481 e. The van der Waals surface area contributed by atoms with Crippen LogP contribution in [0.2, 0.25) is 0 Å². The summed E-state index contributed by atoms with van der Waals surface area (Å²) in [6, 6.07) is 9.08. The minimum Gasteiger partial charge on any atom is -0.481 e. The zero-order valence-electron chi connectivity index (χ0n) is 12.0. The summed E-state index contributed by atoms with van der Waals surface area (Å²) in [5, 5.41) is 3.32. The molecule has 3 nitrogen and oxygen atoms in total. The third-order valence-electron chi connectivity index (χ3n) is 3.00. The summed E-state index contributed by atoms with van der Waals surface area (Å²) in [6.45, 7) is 4.88. The highest BCUT2D eigenvalue weighted by atomic mass is 19.1. The number of rotatable bonds is 5. The zero-order chi connectivity index (χ0) is 14.5. The van der Waals surface area contributed by atoms with Crippen molar-refractivity contribution in [2.24, 2.45) is 0 Å². The van der Waals surface area contributed by atoms with Gasteiger partial charge in [-0.1, -0.05) is 19.9 Å². The van der Waals surface area contributed by atoms with Gasteiger partial charge in [-0.3, -0.25) is 0 Å². The van der Waals surface area contributed by atoms with E-state index in [1.807, 2.05) is 12.1 Å². The maximum absolute atomic E-state index is 14.0. The Balaban J connectivity index is 2.27. The molecule has 1 N–H and O–H groups in total. The Morgan fingerprint density at radius 3 is 2.65 bits per heavy atom. The van der Waals surface area contributed by atoms with Gasteiger partial charge >= 0.3 is 0 Å². The van der Waals surface area contributed by atoms with Crippen molar-refractivity contribution in [3.8, 4) is 17.0 Å². The highest BCUT2D eigenvalue weighted by Gasteiger charge is 2.07. The van der Waals surface area contributed by atoms with Crippen LogP contribution in [-0.4, -0.2) is 18.1 Å². The Bertz CT molecular complexity index is 567. The van der Waals surface area contributed by atoms with E-state index in [-0.39, 0.29) is 5.82 Å². The third-order valence-corrected chi connectivity index (χ3v) is 3.00. The molecule has 0 amide bonds. The summed E-state index contributed by atoms with van der Waals surface area (Å²) >= 11 is 0. The summed E-state index contributed by atoms with van der Waals surface area (Å²) < 4.78 is 19.0. The average Bonchev–Trinajstić information content (AvgIpc) is 2.46. The first-order chi connectivity index (χ1) is 9.60. The lowest BCUT2D eigenvalue weighted by Gasteiger charge is -2.10. The van der Waals surface area contributed by atoms with Gasteiger partial charge in [0.15, 0.2) is 0 Å². The van der Waals surface area contributed by atoms with Crippen LogP contribution >= 0.6 is 0 Å². The van der Waals surface area contributed by atoms with Crippen molar-refractivity contribution in [2.45, 2.75) is 26.4 Å². The number of aromatic nitrogens is 1. The molecule has 0 saturated heterocycles. The monoisotopic (exact) mass is 274 g/mol. The van der Waals surface area contributed by atoms with E-state index >= 15 is 0 Å². The molecule has 0 bridgehead atoms. The van der Waals surface area contributed by atoms with Gasteiger partial charge in [-0.2, -0.15) is 0 Å². The molecule has 0 aliphatic carbocycles. The maximum atomic E-state index is 14.0. The number of hydrogen-bond donors (Lipinski definition) is 1. The lowest BCUT2D eigenvalue weighted by atomic mass is 10.0. The molecule has 0 radical (unpaired) electrons. The van der Waals surface area contributed by atoms with E-state index < -0.39 is 0 Å². The van der Waals surface area contributed by atoms with E-state index in [1.54, 1.807) is 25.4 Å². The lowest BCUT2D eigenvalue weighted by Crippen LogP contribution is -2.21. The molecule has 0 aliphatic rings. The van der Waals surface area contributed by atoms with Gasteiger partial charge in [0.05, 0.1) is 7.11 Å². The first kappa shape index (κ1) is 14.5. The molecule has 106 valence electrons.